The van der Waals surface area contributed by atoms with Crippen molar-refractivity contribution < 1.29 is 0 Å². The second-order valence-corrected chi connectivity index (χ2v) is 3.27. The first-order valence-electron chi connectivity index (χ1n) is 4.26. The third-order valence-corrected chi connectivity index (χ3v) is 2.54. The van der Waals surface area contributed by atoms with E-state index in [4.69, 9.17) is 5.26 Å². The van der Waals surface area contributed by atoms with E-state index in [-0.39, 0.29) is 0 Å². The van der Waals surface area contributed by atoms with Crippen LogP contribution >= 0.6 is 0 Å². The van der Waals surface area contributed by atoms with Crippen molar-refractivity contribution >= 4 is 0 Å². The van der Waals surface area contributed by atoms with E-state index in [1.165, 1.54) is 19.3 Å². The largest absolute Gasteiger partial charge is 0.198 e. The fraction of sp³-hybridized carbons (Fsp3) is 0.889. The van der Waals surface area contributed by atoms with Crippen LogP contribution in [0.5, 0.6) is 0 Å². The standard InChI is InChI=1S/C9H15N/c1-2-8-4-3-5-9(6-8)7-10/h8-9H,2-6H2,1H3/t8-,9-/m1/s1. The molecule has 0 unspecified atom stereocenters. The van der Waals surface area contributed by atoms with Crippen molar-refractivity contribution in [3.8, 4) is 6.07 Å². The molecule has 1 aliphatic carbocycles. The molecule has 0 aromatic carbocycles. The Kier molecular flexibility index (Phi) is 2.74. The molecule has 1 fully saturated rings. The van der Waals surface area contributed by atoms with E-state index in [0.717, 1.165) is 18.8 Å². The molecule has 1 rings (SSSR count). The van der Waals surface area contributed by atoms with E-state index in [0.29, 0.717) is 5.92 Å². The van der Waals surface area contributed by atoms with Gasteiger partial charge in [-0.05, 0) is 18.8 Å². The summed E-state index contributed by atoms with van der Waals surface area (Å²) in [7, 11) is 0. The zero-order valence-corrected chi connectivity index (χ0v) is 6.64. The average molecular weight is 137 g/mol. The molecule has 1 heteroatoms. The van der Waals surface area contributed by atoms with Crippen LogP contribution in [0.3, 0.4) is 0 Å². The molecule has 1 aliphatic rings. The summed E-state index contributed by atoms with van der Waals surface area (Å²) in [5.74, 6) is 1.22. The summed E-state index contributed by atoms with van der Waals surface area (Å²) in [5, 5.41) is 8.65. The maximum absolute atomic E-state index is 8.65. The van der Waals surface area contributed by atoms with Crippen LogP contribution in [-0.4, -0.2) is 0 Å². The summed E-state index contributed by atoms with van der Waals surface area (Å²) >= 11 is 0. The molecule has 0 amide bonds. The fourth-order valence-corrected chi connectivity index (χ4v) is 1.78. The Morgan fingerprint density at radius 2 is 2.30 bits per heavy atom. The number of hydrogen-bond acceptors (Lipinski definition) is 1. The van der Waals surface area contributed by atoms with Crippen LogP contribution in [0.15, 0.2) is 0 Å². The molecule has 0 heterocycles. The van der Waals surface area contributed by atoms with Gasteiger partial charge in [-0.15, -0.1) is 0 Å². The summed E-state index contributed by atoms with van der Waals surface area (Å²) in [5.41, 5.74) is 0. The van der Waals surface area contributed by atoms with E-state index in [2.05, 4.69) is 13.0 Å². The van der Waals surface area contributed by atoms with Crippen LogP contribution in [0, 0.1) is 23.2 Å². The SMILES string of the molecule is CC[C@@H]1CCC[C@@H](C#N)C1. The molecule has 10 heavy (non-hydrogen) atoms. The summed E-state index contributed by atoms with van der Waals surface area (Å²) in [4.78, 5) is 0. The summed E-state index contributed by atoms with van der Waals surface area (Å²) in [6.45, 7) is 2.23. The molecular weight excluding hydrogens is 122 g/mol. The van der Waals surface area contributed by atoms with Gasteiger partial charge < -0.3 is 0 Å². The number of hydrogen-bond donors (Lipinski definition) is 0. The quantitative estimate of drug-likeness (QED) is 0.545. The van der Waals surface area contributed by atoms with Crippen molar-refractivity contribution in [1.29, 1.82) is 5.26 Å². The molecule has 0 aromatic heterocycles. The van der Waals surface area contributed by atoms with Crippen LogP contribution in [0.2, 0.25) is 0 Å². The monoisotopic (exact) mass is 137 g/mol. The number of rotatable bonds is 1. The Bertz CT molecular complexity index is 134. The van der Waals surface area contributed by atoms with E-state index in [1.807, 2.05) is 0 Å². The van der Waals surface area contributed by atoms with Crippen molar-refractivity contribution in [3.63, 3.8) is 0 Å². The Morgan fingerprint density at radius 3 is 2.90 bits per heavy atom. The molecule has 0 saturated heterocycles. The molecule has 56 valence electrons. The van der Waals surface area contributed by atoms with Gasteiger partial charge in [0.15, 0.2) is 0 Å². The van der Waals surface area contributed by atoms with E-state index in [1.54, 1.807) is 0 Å². The first-order valence-corrected chi connectivity index (χ1v) is 4.26. The lowest BCUT2D eigenvalue weighted by molar-refractivity contribution is 0.302. The van der Waals surface area contributed by atoms with Crippen molar-refractivity contribution in [3.05, 3.63) is 0 Å². The van der Waals surface area contributed by atoms with Crippen molar-refractivity contribution in [2.75, 3.05) is 0 Å². The van der Waals surface area contributed by atoms with Crippen LogP contribution in [0.1, 0.15) is 39.0 Å². The van der Waals surface area contributed by atoms with Gasteiger partial charge in [0.25, 0.3) is 0 Å². The van der Waals surface area contributed by atoms with Gasteiger partial charge in [0, 0.05) is 5.92 Å². The molecule has 0 aliphatic heterocycles. The Balaban J connectivity index is 2.33. The number of nitriles is 1. The molecule has 0 aromatic rings. The highest BCUT2D eigenvalue weighted by Crippen LogP contribution is 2.30. The molecule has 1 saturated carbocycles. The predicted octanol–water partition coefficient (Wildman–Crippen LogP) is 2.73. The second-order valence-electron chi connectivity index (χ2n) is 3.27. The van der Waals surface area contributed by atoms with Gasteiger partial charge in [0.2, 0.25) is 0 Å². The Labute approximate surface area is 63.0 Å². The second kappa shape index (κ2) is 3.61. The molecular formula is C9H15N. The summed E-state index contributed by atoms with van der Waals surface area (Å²) in [6, 6.07) is 2.37. The van der Waals surface area contributed by atoms with Gasteiger partial charge >= 0.3 is 0 Å². The Hall–Kier alpha value is -0.510. The normalized spacial score (nSPS) is 33.2. The zero-order chi connectivity index (χ0) is 7.40. The highest BCUT2D eigenvalue weighted by atomic mass is 14.3. The summed E-state index contributed by atoms with van der Waals surface area (Å²) in [6.07, 6.45) is 6.20. The van der Waals surface area contributed by atoms with Gasteiger partial charge in [-0.2, -0.15) is 5.26 Å². The lowest BCUT2D eigenvalue weighted by Gasteiger charge is -2.23. The maximum Gasteiger partial charge on any atom is 0.0655 e. The van der Waals surface area contributed by atoms with Crippen molar-refractivity contribution in [1.82, 2.24) is 0 Å². The average Bonchev–Trinajstić information content (AvgIpc) is 2.05. The molecule has 0 bridgehead atoms. The highest BCUT2D eigenvalue weighted by molar-refractivity contribution is 4.87. The van der Waals surface area contributed by atoms with Crippen LogP contribution < -0.4 is 0 Å². The first kappa shape index (κ1) is 7.60. The highest BCUT2D eigenvalue weighted by Gasteiger charge is 2.19. The van der Waals surface area contributed by atoms with Gasteiger partial charge in [0.05, 0.1) is 6.07 Å². The lowest BCUT2D eigenvalue weighted by atomic mass is 9.81. The van der Waals surface area contributed by atoms with Crippen LogP contribution in [-0.2, 0) is 0 Å². The molecule has 2 atom stereocenters. The fourth-order valence-electron chi connectivity index (χ4n) is 1.78. The van der Waals surface area contributed by atoms with E-state index >= 15 is 0 Å². The summed E-state index contributed by atoms with van der Waals surface area (Å²) < 4.78 is 0. The Morgan fingerprint density at radius 1 is 1.50 bits per heavy atom. The van der Waals surface area contributed by atoms with Gasteiger partial charge in [0.1, 0.15) is 0 Å². The third kappa shape index (κ3) is 1.73. The van der Waals surface area contributed by atoms with E-state index < -0.39 is 0 Å². The maximum atomic E-state index is 8.65. The minimum atomic E-state index is 0.374. The van der Waals surface area contributed by atoms with Crippen molar-refractivity contribution in [2.45, 2.75) is 39.0 Å². The third-order valence-electron chi connectivity index (χ3n) is 2.54. The van der Waals surface area contributed by atoms with Gasteiger partial charge in [-0.3, -0.25) is 0 Å². The minimum absolute atomic E-state index is 0.374. The smallest absolute Gasteiger partial charge is 0.0655 e. The predicted molar refractivity (Wildman–Crippen MR) is 41.4 cm³/mol. The molecule has 0 radical (unpaired) electrons. The topological polar surface area (TPSA) is 23.8 Å². The first-order chi connectivity index (χ1) is 4.86. The van der Waals surface area contributed by atoms with Crippen molar-refractivity contribution in [2.24, 2.45) is 11.8 Å². The minimum Gasteiger partial charge on any atom is -0.198 e. The van der Waals surface area contributed by atoms with Crippen LogP contribution in [0.4, 0.5) is 0 Å². The number of nitrogens with zero attached hydrogens (tertiary/aromatic N) is 1. The molecule has 1 nitrogen and oxygen atoms in total. The lowest BCUT2D eigenvalue weighted by Crippen LogP contribution is -2.13. The van der Waals surface area contributed by atoms with Gasteiger partial charge in [-0.25, -0.2) is 0 Å². The zero-order valence-electron chi connectivity index (χ0n) is 6.64. The van der Waals surface area contributed by atoms with E-state index in [9.17, 15) is 0 Å². The van der Waals surface area contributed by atoms with Crippen LogP contribution in [0.25, 0.3) is 0 Å². The molecule has 0 spiro atoms. The van der Waals surface area contributed by atoms with Gasteiger partial charge in [-0.1, -0.05) is 26.2 Å². The molecule has 0 N–H and O–H groups in total.